The molecule has 1 aliphatic rings. The third-order valence-corrected chi connectivity index (χ3v) is 3.15. The number of piperidine rings is 1. The molecule has 5 heteroatoms. The second kappa shape index (κ2) is 4.04. The van der Waals surface area contributed by atoms with Crippen LogP contribution < -0.4 is 4.90 Å². The van der Waals surface area contributed by atoms with Crippen LogP contribution in [-0.2, 0) is 0 Å². The van der Waals surface area contributed by atoms with E-state index in [1.807, 2.05) is 0 Å². The SMILES string of the molecule is FC1(F)CCCN(c2cnccc2Br)C1. The minimum atomic E-state index is -2.58. The van der Waals surface area contributed by atoms with Crippen LogP contribution in [0.5, 0.6) is 0 Å². The Labute approximate surface area is 95.4 Å². The third-order valence-electron chi connectivity index (χ3n) is 2.48. The molecule has 1 fully saturated rings. The van der Waals surface area contributed by atoms with Crippen molar-refractivity contribution in [1.29, 1.82) is 0 Å². The van der Waals surface area contributed by atoms with Crippen molar-refractivity contribution in [3.8, 4) is 0 Å². The van der Waals surface area contributed by atoms with Crippen molar-refractivity contribution in [2.24, 2.45) is 0 Å². The summed E-state index contributed by atoms with van der Waals surface area (Å²) in [7, 11) is 0. The maximum absolute atomic E-state index is 13.2. The molecule has 1 saturated heterocycles. The monoisotopic (exact) mass is 276 g/mol. The van der Waals surface area contributed by atoms with E-state index < -0.39 is 5.92 Å². The molecule has 0 unspecified atom stereocenters. The number of anilines is 1. The lowest BCUT2D eigenvalue weighted by Gasteiger charge is -2.34. The van der Waals surface area contributed by atoms with Crippen LogP contribution in [0.25, 0.3) is 0 Å². The van der Waals surface area contributed by atoms with E-state index in [0.717, 1.165) is 10.2 Å². The molecule has 0 bridgehead atoms. The van der Waals surface area contributed by atoms with Crippen molar-refractivity contribution >= 4 is 21.6 Å². The number of hydrogen-bond acceptors (Lipinski definition) is 2. The van der Waals surface area contributed by atoms with Crippen molar-refractivity contribution < 1.29 is 8.78 Å². The molecule has 0 amide bonds. The van der Waals surface area contributed by atoms with Gasteiger partial charge in [0.15, 0.2) is 0 Å². The van der Waals surface area contributed by atoms with Gasteiger partial charge in [0.05, 0.1) is 18.4 Å². The number of halogens is 3. The maximum atomic E-state index is 13.2. The van der Waals surface area contributed by atoms with E-state index in [1.165, 1.54) is 0 Å². The predicted octanol–water partition coefficient (Wildman–Crippen LogP) is 3.08. The van der Waals surface area contributed by atoms with Gasteiger partial charge in [0.25, 0.3) is 5.92 Å². The van der Waals surface area contributed by atoms with Gasteiger partial charge in [0.2, 0.25) is 0 Å². The minimum absolute atomic E-state index is 0.0125. The highest BCUT2D eigenvalue weighted by atomic mass is 79.9. The molecule has 1 aromatic rings. The molecular formula is C10H11BrF2N2. The van der Waals surface area contributed by atoms with Crippen molar-refractivity contribution in [1.82, 2.24) is 4.98 Å². The molecule has 0 spiro atoms. The highest BCUT2D eigenvalue weighted by Crippen LogP contribution is 2.32. The Hall–Kier alpha value is -0.710. The van der Waals surface area contributed by atoms with E-state index >= 15 is 0 Å². The van der Waals surface area contributed by atoms with E-state index in [9.17, 15) is 8.78 Å². The zero-order chi connectivity index (χ0) is 10.9. The molecule has 1 aromatic heterocycles. The molecule has 0 radical (unpaired) electrons. The summed E-state index contributed by atoms with van der Waals surface area (Å²) in [4.78, 5) is 5.63. The highest BCUT2D eigenvalue weighted by molar-refractivity contribution is 9.10. The minimum Gasteiger partial charge on any atom is -0.363 e. The molecule has 15 heavy (non-hydrogen) atoms. The molecule has 0 aliphatic carbocycles. The van der Waals surface area contributed by atoms with Crippen molar-refractivity contribution in [2.75, 3.05) is 18.0 Å². The first-order chi connectivity index (χ1) is 7.08. The fourth-order valence-corrected chi connectivity index (χ4v) is 2.24. The molecular weight excluding hydrogens is 266 g/mol. The van der Waals surface area contributed by atoms with Gasteiger partial charge in [0.1, 0.15) is 0 Å². The van der Waals surface area contributed by atoms with Crippen LogP contribution in [0.2, 0.25) is 0 Å². The highest BCUT2D eigenvalue weighted by Gasteiger charge is 2.35. The van der Waals surface area contributed by atoms with Crippen LogP contribution in [-0.4, -0.2) is 24.0 Å². The standard InChI is InChI=1S/C10H11BrF2N2/c11-8-2-4-14-6-9(8)15-5-1-3-10(12,13)7-15/h2,4,6H,1,3,5,7H2. The Morgan fingerprint density at radius 3 is 2.93 bits per heavy atom. The van der Waals surface area contributed by atoms with E-state index in [2.05, 4.69) is 20.9 Å². The molecule has 2 heterocycles. The van der Waals surface area contributed by atoms with E-state index in [-0.39, 0.29) is 13.0 Å². The Balaban J connectivity index is 2.21. The Bertz CT molecular complexity index is 357. The van der Waals surface area contributed by atoms with Gasteiger partial charge < -0.3 is 4.90 Å². The Morgan fingerprint density at radius 2 is 2.27 bits per heavy atom. The molecule has 1 aliphatic heterocycles. The summed E-state index contributed by atoms with van der Waals surface area (Å²) in [6.07, 6.45) is 3.76. The fraction of sp³-hybridized carbons (Fsp3) is 0.500. The first-order valence-electron chi connectivity index (χ1n) is 4.81. The van der Waals surface area contributed by atoms with Gasteiger partial charge in [-0.1, -0.05) is 0 Å². The van der Waals surface area contributed by atoms with Crippen molar-refractivity contribution in [3.05, 3.63) is 22.9 Å². The van der Waals surface area contributed by atoms with E-state index in [1.54, 1.807) is 23.4 Å². The van der Waals surface area contributed by atoms with Gasteiger partial charge in [-0.05, 0) is 28.4 Å². The number of pyridine rings is 1. The Morgan fingerprint density at radius 1 is 1.47 bits per heavy atom. The normalized spacial score (nSPS) is 20.3. The fourth-order valence-electron chi connectivity index (χ4n) is 1.77. The van der Waals surface area contributed by atoms with E-state index in [4.69, 9.17) is 0 Å². The number of hydrogen-bond donors (Lipinski definition) is 0. The van der Waals surface area contributed by atoms with Gasteiger partial charge in [0, 0.05) is 23.6 Å². The maximum Gasteiger partial charge on any atom is 0.265 e. The summed E-state index contributed by atoms with van der Waals surface area (Å²) >= 11 is 3.34. The lowest BCUT2D eigenvalue weighted by atomic mass is 10.1. The third kappa shape index (κ3) is 2.45. The molecule has 2 rings (SSSR count). The zero-order valence-electron chi connectivity index (χ0n) is 8.09. The number of alkyl halides is 2. The van der Waals surface area contributed by atoms with E-state index in [0.29, 0.717) is 13.0 Å². The summed E-state index contributed by atoms with van der Waals surface area (Å²) in [6, 6.07) is 1.77. The van der Waals surface area contributed by atoms with Gasteiger partial charge in [-0.25, -0.2) is 8.78 Å². The smallest absolute Gasteiger partial charge is 0.265 e. The summed E-state index contributed by atoms with van der Waals surface area (Å²) in [6.45, 7) is 0.456. The molecule has 82 valence electrons. The molecule has 2 nitrogen and oxygen atoms in total. The average Bonchev–Trinajstić information content (AvgIpc) is 2.17. The zero-order valence-corrected chi connectivity index (χ0v) is 9.67. The van der Waals surface area contributed by atoms with Crippen LogP contribution >= 0.6 is 15.9 Å². The molecule has 0 N–H and O–H groups in total. The first kappa shape index (κ1) is 10.8. The van der Waals surface area contributed by atoms with Crippen LogP contribution in [0.1, 0.15) is 12.8 Å². The van der Waals surface area contributed by atoms with Crippen molar-refractivity contribution in [3.63, 3.8) is 0 Å². The van der Waals surface area contributed by atoms with Crippen LogP contribution in [0.15, 0.2) is 22.9 Å². The van der Waals surface area contributed by atoms with Crippen LogP contribution in [0.3, 0.4) is 0 Å². The van der Waals surface area contributed by atoms with Crippen molar-refractivity contribution in [2.45, 2.75) is 18.8 Å². The molecule has 0 atom stereocenters. The number of rotatable bonds is 1. The van der Waals surface area contributed by atoms with Gasteiger partial charge >= 0.3 is 0 Å². The number of aromatic nitrogens is 1. The van der Waals surface area contributed by atoms with Crippen LogP contribution in [0, 0.1) is 0 Å². The van der Waals surface area contributed by atoms with Gasteiger partial charge in [-0.2, -0.15) is 0 Å². The summed E-state index contributed by atoms with van der Waals surface area (Å²) in [5, 5.41) is 0. The predicted molar refractivity (Wildman–Crippen MR) is 58.3 cm³/mol. The summed E-state index contributed by atoms with van der Waals surface area (Å²) in [5.74, 6) is -2.58. The second-order valence-electron chi connectivity index (χ2n) is 3.71. The van der Waals surface area contributed by atoms with Gasteiger partial charge in [-0.15, -0.1) is 0 Å². The first-order valence-corrected chi connectivity index (χ1v) is 5.60. The second-order valence-corrected chi connectivity index (χ2v) is 4.56. The average molecular weight is 277 g/mol. The topological polar surface area (TPSA) is 16.1 Å². The summed E-state index contributed by atoms with van der Waals surface area (Å²) < 4.78 is 27.2. The molecule has 0 aromatic carbocycles. The van der Waals surface area contributed by atoms with Crippen LogP contribution in [0.4, 0.5) is 14.5 Å². The largest absolute Gasteiger partial charge is 0.363 e. The summed E-state index contributed by atoms with van der Waals surface area (Å²) in [5.41, 5.74) is 0.747. The Kier molecular flexibility index (Phi) is 2.91. The number of nitrogens with zero attached hydrogens (tertiary/aromatic N) is 2. The lowest BCUT2D eigenvalue weighted by Crippen LogP contribution is -2.42. The lowest BCUT2D eigenvalue weighted by molar-refractivity contribution is -0.0117. The van der Waals surface area contributed by atoms with Gasteiger partial charge in [-0.3, -0.25) is 4.98 Å². The quantitative estimate of drug-likeness (QED) is 0.784. The molecule has 0 saturated carbocycles.